The van der Waals surface area contributed by atoms with Crippen LogP contribution < -0.4 is 10.2 Å². The molecular weight excluding hydrogens is 304 g/mol. The van der Waals surface area contributed by atoms with E-state index in [0.29, 0.717) is 0 Å². The average Bonchev–Trinajstić information content (AvgIpc) is 1.88. The van der Waals surface area contributed by atoms with Gasteiger partial charge in [0.15, 0.2) is 0 Å². The fraction of sp³-hybridized carbons (Fsp3) is 0.667. The van der Waals surface area contributed by atoms with Crippen LogP contribution in [0.3, 0.4) is 0 Å². The third kappa shape index (κ3) is 72.6. The van der Waals surface area contributed by atoms with E-state index in [-0.39, 0.29) is 70.6 Å². The molecule has 0 saturated heterocycles. The summed E-state index contributed by atoms with van der Waals surface area (Å²) in [5.41, 5.74) is 0. The van der Waals surface area contributed by atoms with Crippen LogP contribution in [0.2, 0.25) is 0 Å². The van der Waals surface area contributed by atoms with Crippen molar-refractivity contribution in [2.45, 2.75) is 26.1 Å². The first-order valence-corrected chi connectivity index (χ1v) is 3.06. The normalized spacial score (nSPS) is 8.63. The van der Waals surface area contributed by atoms with Gasteiger partial charge in [-0.05, 0) is 13.8 Å². The van der Waals surface area contributed by atoms with Gasteiger partial charge >= 0.3 is 37.7 Å². The predicted molar refractivity (Wildman–Crippen MR) is 60.8 cm³/mol. The number of carboxylic acids is 2. The quantitative estimate of drug-likeness (QED) is 0.463. The number of rotatable bonds is 2. The molecule has 13 heteroatoms. The molecule has 0 aliphatic carbocycles. The summed E-state index contributed by atoms with van der Waals surface area (Å²) in [5.74, 6) is -2.87. The van der Waals surface area contributed by atoms with Crippen LogP contribution in [0.5, 0.6) is 0 Å². The number of hydrogen-bond donors (Lipinski definition) is 2. The number of carboxylic acid groups (broad SMARTS) is 2. The van der Waals surface area contributed by atoms with E-state index in [0.717, 1.165) is 13.8 Å². The molecule has 0 aliphatic rings. The maximum absolute atomic E-state index is 9.34. The standard InChI is InChI=1S/2C3H6O3.Ca.6H2O/c2*1-2(4)3(5)6;;;;;;;/h2*2,4H,1H3,(H,5,6);;6*1H2/q;;+2;;;;;;/p-2. The molecular formula is C6H22CaO12. The Morgan fingerprint density at radius 1 is 0.737 bits per heavy atom. The van der Waals surface area contributed by atoms with Crippen molar-refractivity contribution < 1.29 is 62.9 Å². The summed E-state index contributed by atoms with van der Waals surface area (Å²) >= 11 is 0. The summed E-state index contributed by atoms with van der Waals surface area (Å²) in [5, 5.41) is 34.6. The molecule has 0 saturated carbocycles. The number of hydrogen-bond acceptors (Lipinski definition) is 6. The Morgan fingerprint density at radius 3 is 0.789 bits per heavy atom. The van der Waals surface area contributed by atoms with E-state index >= 15 is 0 Å². The molecule has 0 aliphatic heterocycles. The zero-order valence-electron chi connectivity index (χ0n) is 10.4. The smallest absolute Gasteiger partial charge is 0.547 e. The largest absolute Gasteiger partial charge is 2.00 e. The zero-order valence-corrected chi connectivity index (χ0v) is 12.6. The van der Waals surface area contributed by atoms with E-state index in [1.807, 2.05) is 0 Å². The van der Waals surface area contributed by atoms with Gasteiger partial charge in [-0.1, -0.05) is 0 Å². The van der Waals surface area contributed by atoms with Crippen LogP contribution >= 0.6 is 0 Å². The Hall–Kier alpha value is -0.120. The number of aliphatic carboxylic acids is 2. The van der Waals surface area contributed by atoms with Gasteiger partial charge < -0.3 is 62.9 Å². The molecule has 120 valence electrons. The minimum Gasteiger partial charge on any atom is -0.547 e. The van der Waals surface area contributed by atoms with Crippen molar-refractivity contribution in [1.82, 2.24) is 0 Å². The first kappa shape index (κ1) is 61.8. The molecule has 0 amide bonds. The van der Waals surface area contributed by atoms with Crippen molar-refractivity contribution in [1.29, 1.82) is 0 Å². The monoisotopic (exact) mass is 326 g/mol. The summed E-state index contributed by atoms with van der Waals surface area (Å²) < 4.78 is 0. The third-order valence-electron chi connectivity index (χ3n) is 0.682. The van der Waals surface area contributed by atoms with Crippen molar-refractivity contribution >= 4 is 49.7 Å². The van der Waals surface area contributed by atoms with Crippen LogP contribution in [0.4, 0.5) is 0 Å². The Bertz CT molecular complexity index is 142. The van der Waals surface area contributed by atoms with Gasteiger partial charge in [-0.25, -0.2) is 0 Å². The van der Waals surface area contributed by atoms with Gasteiger partial charge in [0.05, 0.1) is 24.1 Å². The average molecular weight is 326 g/mol. The van der Waals surface area contributed by atoms with Gasteiger partial charge in [-0.2, -0.15) is 0 Å². The van der Waals surface area contributed by atoms with Crippen molar-refractivity contribution in [3.8, 4) is 0 Å². The number of carbonyl (C=O) groups excluding carboxylic acids is 2. The van der Waals surface area contributed by atoms with Crippen molar-refractivity contribution in [3.63, 3.8) is 0 Å². The second-order valence-electron chi connectivity index (χ2n) is 1.99. The minimum absolute atomic E-state index is 0. The summed E-state index contributed by atoms with van der Waals surface area (Å²) in [4.78, 5) is 18.7. The van der Waals surface area contributed by atoms with Crippen molar-refractivity contribution in [3.05, 3.63) is 0 Å². The Balaban J connectivity index is -0.0000000110. The van der Waals surface area contributed by atoms with E-state index in [4.69, 9.17) is 10.2 Å². The zero-order chi connectivity index (χ0) is 10.3. The molecule has 2 unspecified atom stereocenters. The molecule has 0 rings (SSSR count). The molecule has 0 aromatic heterocycles. The summed E-state index contributed by atoms with van der Waals surface area (Å²) in [6.07, 6.45) is -2.69. The Kier molecular flexibility index (Phi) is 117. The van der Waals surface area contributed by atoms with Crippen LogP contribution in [0, 0.1) is 0 Å². The molecule has 0 fully saturated rings. The van der Waals surface area contributed by atoms with Crippen molar-refractivity contribution in [2.75, 3.05) is 0 Å². The van der Waals surface area contributed by atoms with Crippen LogP contribution in [0.1, 0.15) is 13.8 Å². The van der Waals surface area contributed by atoms with Crippen LogP contribution in [-0.4, -0.2) is 105 Å². The molecule has 14 N–H and O–H groups in total. The summed E-state index contributed by atoms with van der Waals surface area (Å²) in [6.45, 7) is 2.27. The molecule has 2 atom stereocenters. The van der Waals surface area contributed by atoms with E-state index in [1.54, 1.807) is 0 Å². The Morgan fingerprint density at radius 2 is 0.789 bits per heavy atom. The van der Waals surface area contributed by atoms with E-state index in [9.17, 15) is 19.8 Å². The molecule has 0 radical (unpaired) electrons. The fourth-order valence-corrected chi connectivity index (χ4v) is 0. The van der Waals surface area contributed by atoms with E-state index in [2.05, 4.69) is 0 Å². The van der Waals surface area contributed by atoms with Gasteiger partial charge in [0.2, 0.25) is 0 Å². The van der Waals surface area contributed by atoms with Gasteiger partial charge in [-0.3, -0.25) is 0 Å². The number of aliphatic hydroxyl groups excluding tert-OH is 2. The second kappa shape index (κ2) is 36.1. The number of carbonyl (C=O) groups is 2. The molecule has 12 nitrogen and oxygen atoms in total. The predicted octanol–water partition coefficient (Wildman–Crippen LogP) is -9.09. The molecule has 19 heavy (non-hydrogen) atoms. The fourth-order valence-electron chi connectivity index (χ4n) is 0. The van der Waals surface area contributed by atoms with Gasteiger partial charge in [0.25, 0.3) is 0 Å². The van der Waals surface area contributed by atoms with Crippen LogP contribution in [-0.2, 0) is 9.59 Å². The molecule has 0 spiro atoms. The Labute approximate surface area is 138 Å². The van der Waals surface area contributed by atoms with Crippen molar-refractivity contribution in [2.24, 2.45) is 0 Å². The topological polar surface area (TPSA) is 310 Å². The number of aliphatic hydroxyl groups is 2. The van der Waals surface area contributed by atoms with Gasteiger partial charge in [-0.15, -0.1) is 0 Å². The second-order valence-corrected chi connectivity index (χ2v) is 1.99. The maximum Gasteiger partial charge on any atom is 2.00 e. The van der Waals surface area contributed by atoms with E-state index < -0.39 is 24.1 Å². The molecule has 0 aromatic rings. The molecule has 0 aromatic carbocycles. The van der Waals surface area contributed by atoms with E-state index in [1.165, 1.54) is 0 Å². The van der Waals surface area contributed by atoms with Gasteiger partial charge in [0.1, 0.15) is 0 Å². The minimum atomic E-state index is -1.44. The molecule has 0 bridgehead atoms. The summed E-state index contributed by atoms with van der Waals surface area (Å²) in [6, 6.07) is 0. The first-order chi connectivity index (χ1) is 5.29. The van der Waals surface area contributed by atoms with Gasteiger partial charge in [0, 0.05) is 0 Å². The SMILES string of the molecule is CC(O)C(=O)[O-].CC(O)C(=O)[O-].O.O.O.O.O.O.[Ca+2]. The maximum atomic E-state index is 9.34. The van der Waals surface area contributed by atoms with Crippen LogP contribution in [0.15, 0.2) is 0 Å². The molecule has 0 heterocycles. The first-order valence-electron chi connectivity index (χ1n) is 3.06. The third-order valence-corrected chi connectivity index (χ3v) is 0.682. The summed E-state index contributed by atoms with van der Waals surface area (Å²) in [7, 11) is 0. The van der Waals surface area contributed by atoms with Crippen LogP contribution in [0.25, 0.3) is 0 Å².